The molecule has 1 N–H and O–H groups in total. The van der Waals surface area contributed by atoms with Crippen LogP contribution in [0.2, 0.25) is 0 Å². The van der Waals surface area contributed by atoms with Crippen molar-refractivity contribution in [1.82, 2.24) is 5.32 Å². The Labute approximate surface area is 149 Å². The summed E-state index contributed by atoms with van der Waals surface area (Å²) in [4.78, 5) is 12.2. The molecule has 25 heavy (non-hydrogen) atoms. The molecule has 0 unspecified atom stereocenters. The summed E-state index contributed by atoms with van der Waals surface area (Å²) < 4.78 is 26.2. The first kappa shape index (κ1) is 18.4. The van der Waals surface area contributed by atoms with Gasteiger partial charge < -0.3 is 14.6 Å². The Hall–Kier alpha value is -1.40. The molecule has 0 bridgehead atoms. The highest BCUT2D eigenvalue weighted by atomic mass is 19.1. The molecule has 2 fully saturated rings. The lowest BCUT2D eigenvalue weighted by atomic mass is 9.77. The van der Waals surface area contributed by atoms with E-state index in [1.807, 2.05) is 27.7 Å². The van der Waals surface area contributed by atoms with Crippen LogP contribution in [0.15, 0.2) is 18.2 Å². The minimum Gasteiger partial charge on any atom is -0.399 e. The Morgan fingerprint density at radius 3 is 2.40 bits per heavy atom. The van der Waals surface area contributed by atoms with Gasteiger partial charge in [-0.3, -0.25) is 4.79 Å². The van der Waals surface area contributed by atoms with Crippen molar-refractivity contribution in [3.63, 3.8) is 0 Å². The van der Waals surface area contributed by atoms with Gasteiger partial charge in [0.05, 0.1) is 17.6 Å². The SMILES string of the molecule is CC1(C)OB(c2cc(CC(=O)NC3CCCC3)ccc2F)OC1(C)C. The topological polar surface area (TPSA) is 47.6 Å². The Bertz CT molecular complexity index is 640. The van der Waals surface area contributed by atoms with Crippen molar-refractivity contribution in [2.45, 2.75) is 77.0 Å². The van der Waals surface area contributed by atoms with Crippen LogP contribution in [0.5, 0.6) is 0 Å². The Kier molecular flexibility index (Phi) is 4.95. The average Bonchev–Trinajstić information content (AvgIpc) is 3.07. The smallest absolute Gasteiger partial charge is 0.399 e. The van der Waals surface area contributed by atoms with Crippen molar-refractivity contribution in [3.05, 3.63) is 29.6 Å². The van der Waals surface area contributed by atoms with Crippen LogP contribution in [0.4, 0.5) is 4.39 Å². The zero-order valence-corrected chi connectivity index (χ0v) is 15.5. The van der Waals surface area contributed by atoms with Gasteiger partial charge in [0.25, 0.3) is 0 Å². The Morgan fingerprint density at radius 2 is 1.80 bits per heavy atom. The minimum absolute atomic E-state index is 0.0154. The summed E-state index contributed by atoms with van der Waals surface area (Å²) in [5, 5.41) is 3.06. The van der Waals surface area contributed by atoms with Crippen molar-refractivity contribution in [2.24, 2.45) is 0 Å². The lowest BCUT2D eigenvalue weighted by molar-refractivity contribution is -0.121. The maximum atomic E-state index is 14.3. The van der Waals surface area contributed by atoms with Gasteiger partial charge in [0, 0.05) is 11.5 Å². The van der Waals surface area contributed by atoms with Gasteiger partial charge in [-0.05, 0) is 52.2 Å². The molecule has 136 valence electrons. The molecule has 3 rings (SSSR count). The number of nitrogens with one attached hydrogen (secondary N) is 1. The van der Waals surface area contributed by atoms with Crippen LogP contribution in [-0.4, -0.2) is 30.3 Å². The van der Waals surface area contributed by atoms with Crippen molar-refractivity contribution in [2.75, 3.05) is 0 Å². The molecule has 2 aliphatic rings. The summed E-state index contributed by atoms with van der Waals surface area (Å²) in [7, 11) is -0.761. The molecule has 1 aromatic carbocycles. The molecular formula is C19H27BFNO3. The number of carbonyl (C=O) groups is 1. The lowest BCUT2D eigenvalue weighted by Crippen LogP contribution is -2.41. The van der Waals surface area contributed by atoms with E-state index in [-0.39, 0.29) is 24.2 Å². The second kappa shape index (κ2) is 6.73. The van der Waals surface area contributed by atoms with Gasteiger partial charge in [0.1, 0.15) is 5.82 Å². The number of rotatable bonds is 4. The molecular weight excluding hydrogens is 320 g/mol. The first-order valence-corrected chi connectivity index (χ1v) is 9.11. The Balaban J connectivity index is 1.71. The predicted octanol–water partition coefficient (Wildman–Crippen LogP) is 2.73. The van der Waals surface area contributed by atoms with Crippen LogP contribution in [0.25, 0.3) is 0 Å². The van der Waals surface area contributed by atoms with Gasteiger partial charge in [0.2, 0.25) is 5.91 Å². The zero-order chi connectivity index (χ0) is 18.2. The second-order valence-electron chi connectivity index (χ2n) is 8.17. The fourth-order valence-corrected chi connectivity index (χ4v) is 3.39. The number of carbonyl (C=O) groups excluding carboxylic acids is 1. The first-order valence-electron chi connectivity index (χ1n) is 9.11. The maximum Gasteiger partial charge on any atom is 0.497 e. The summed E-state index contributed by atoms with van der Waals surface area (Å²) >= 11 is 0. The molecule has 0 aromatic heterocycles. The highest BCUT2D eigenvalue weighted by Crippen LogP contribution is 2.36. The summed E-state index contributed by atoms with van der Waals surface area (Å²) in [6.45, 7) is 7.74. The van der Waals surface area contributed by atoms with Crippen LogP contribution in [0, 0.1) is 5.82 Å². The van der Waals surface area contributed by atoms with Gasteiger partial charge in [-0.25, -0.2) is 4.39 Å². The van der Waals surface area contributed by atoms with Gasteiger partial charge >= 0.3 is 7.12 Å². The fourth-order valence-electron chi connectivity index (χ4n) is 3.39. The van der Waals surface area contributed by atoms with Crippen molar-refractivity contribution in [1.29, 1.82) is 0 Å². The first-order chi connectivity index (χ1) is 11.7. The third-order valence-electron chi connectivity index (χ3n) is 5.65. The third-order valence-corrected chi connectivity index (χ3v) is 5.65. The normalized spacial score (nSPS) is 22.4. The van der Waals surface area contributed by atoms with E-state index in [1.165, 1.54) is 18.9 Å². The Morgan fingerprint density at radius 1 is 1.20 bits per heavy atom. The van der Waals surface area contributed by atoms with Gasteiger partial charge in [-0.1, -0.05) is 25.0 Å². The van der Waals surface area contributed by atoms with Crippen LogP contribution >= 0.6 is 0 Å². The monoisotopic (exact) mass is 347 g/mol. The van der Waals surface area contributed by atoms with E-state index in [0.29, 0.717) is 5.46 Å². The van der Waals surface area contributed by atoms with E-state index >= 15 is 0 Å². The molecule has 1 saturated carbocycles. The fraction of sp³-hybridized carbons (Fsp3) is 0.632. The van der Waals surface area contributed by atoms with E-state index < -0.39 is 18.3 Å². The second-order valence-corrected chi connectivity index (χ2v) is 8.17. The van der Waals surface area contributed by atoms with E-state index in [2.05, 4.69) is 5.32 Å². The largest absolute Gasteiger partial charge is 0.497 e. The van der Waals surface area contributed by atoms with Crippen LogP contribution in [0.3, 0.4) is 0 Å². The molecule has 6 heteroatoms. The van der Waals surface area contributed by atoms with Crippen molar-refractivity contribution < 1.29 is 18.5 Å². The standard InChI is InChI=1S/C19H27BFNO3/c1-18(2)19(3,4)25-20(24-18)15-11-13(9-10-16(15)21)12-17(23)22-14-7-5-6-8-14/h9-11,14H,5-8,12H2,1-4H3,(H,22,23). The number of hydrogen-bond donors (Lipinski definition) is 1. The molecule has 1 saturated heterocycles. The van der Waals surface area contributed by atoms with E-state index in [1.54, 1.807) is 12.1 Å². The third kappa shape index (κ3) is 3.90. The molecule has 1 heterocycles. The molecule has 0 atom stereocenters. The number of halogens is 1. The number of amides is 1. The molecule has 4 nitrogen and oxygen atoms in total. The zero-order valence-electron chi connectivity index (χ0n) is 15.5. The highest BCUT2D eigenvalue weighted by Gasteiger charge is 2.52. The summed E-state index contributed by atoms with van der Waals surface area (Å²) in [6, 6.07) is 5.01. The molecule has 1 amide bonds. The van der Waals surface area contributed by atoms with E-state index in [4.69, 9.17) is 9.31 Å². The van der Waals surface area contributed by atoms with Crippen molar-refractivity contribution >= 4 is 18.5 Å². The number of benzene rings is 1. The van der Waals surface area contributed by atoms with Gasteiger partial charge in [0.15, 0.2) is 0 Å². The summed E-state index contributed by atoms with van der Waals surface area (Å²) in [5.74, 6) is -0.392. The van der Waals surface area contributed by atoms with Gasteiger partial charge in [-0.2, -0.15) is 0 Å². The molecule has 0 spiro atoms. The van der Waals surface area contributed by atoms with Gasteiger partial charge in [-0.15, -0.1) is 0 Å². The van der Waals surface area contributed by atoms with Crippen LogP contribution in [-0.2, 0) is 20.5 Å². The molecule has 1 aliphatic carbocycles. The highest BCUT2D eigenvalue weighted by molar-refractivity contribution is 6.62. The molecule has 0 radical (unpaired) electrons. The maximum absolute atomic E-state index is 14.3. The molecule has 1 aromatic rings. The van der Waals surface area contributed by atoms with E-state index in [0.717, 1.165) is 18.4 Å². The van der Waals surface area contributed by atoms with E-state index in [9.17, 15) is 9.18 Å². The number of hydrogen-bond acceptors (Lipinski definition) is 3. The average molecular weight is 347 g/mol. The summed E-state index contributed by atoms with van der Waals surface area (Å²) in [6.07, 6.45) is 4.69. The summed E-state index contributed by atoms with van der Waals surface area (Å²) in [5.41, 5.74) is 0.0614. The van der Waals surface area contributed by atoms with Crippen LogP contribution in [0.1, 0.15) is 58.9 Å². The molecule has 1 aliphatic heterocycles. The predicted molar refractivity (Wildman–Crippen MR) is 96.2 cm³/mol. The lowest BCUT2D eigenvalue weighted by Gasteiger charge is -2.32. The van der Waals surface area contributed by atoms with Crippen LogP contribution < -0.4 is 10.8 Å². The van der Waals surface area contributed by atoms with Crippen molar-refractivity contribution in [3.8, 4) is 0 Å². The minimum atomic E-state index is -0.761. The quantitative estimate of drug-likeness (QED) is 0.852.